The molecule has 1 aliphatic rings. The van der Waals surface area contributed by atoms with Gasteiger partial charge in [0.05, 0.1) is 27.5 Å². The topological polar surface area (TPSA) is 78.8 Å². The fourth-order valence-corrected chi connectivity index (χ4v) is 4.41. The summed E-state index contributed by atoms with van der Waals surface area (Å²) in [6.07, 6.45) is 6.02. The minimum Gasteiger partial charge on any atom is -0.375 e. The van der Waals surface area contributed by atoms with Gasteiger partial charge in [-0.15, -0.1) is 0 Å². The van der Waals surface area contributed by atoms with Crippen molar-refractivity contribution < 1.29 is 0 Å². The van der Waals surface area contributed by atoms with Crippen LogP contribution >= 0.6 is 11.3 Å². The van der Waals surface area contributed by atoms with Crippen molar-refractivity contribution in [3.63, 3.8) is 0 Å². The zero-order valence-corrected chi connectivity index (χ0v) is 16.8. The third-order valence-electron chi connectivity index (χ3n) is 5.04. The maximum atomic E-state index is 9.60. The summed E-state index contributed by atoms with van der Waals surface area (Å²) in [7, 11) is 0. The molecule has 0 atom stereocenters. The summed E-state index contributed by atoms with van der Waals surface area (Å²) in [6, 6.07) is 22.0. The molecular formula is C24H17N5S. The summed E-state index contributed by atoms with van der Waals surface area (Å²) in [5.74, 6) is 0. The first-order valence-electron chi connectivity index (χ1n) is 9.47. The largest absolute Gasteiger partial charge is 0.375 e. The van der Waals surface area contributed by atoms with Crippen molar-refractivity contribution in [2.24, 2.45) is 0 Å². The summed E-state index contributed by atoms with van der Waals surface area (Å²) in [5.41, 5.74) is 12.4. The Morgan fingerprint density at radius 3 is 2.77 bits per heavy atom. The molecule has 0 spiro atoms. The number of aromatic nitrogens is 2. The van der Waals surface area contributed by atoms with Crippen LogP contribution in [0.2, 0.25) is 0 Å². The number of nitrogen functional groups attached to an aromatic ring is 1. The number of fused-ring (bicyclic) bond motifs is 1. The maximum absolute atomic E-state index is 9.60. The van der Waals surface area contributed by atoms with Crippen molar-refractivity contribution in [1.29, 1.82) is 5.26 Å². The summed E-state index contributed by atoms with van der Waals surface area (Å²) in [6.45, 7) is 0.648. The number of pyridine rings is 1. The lowest BCUT2D eigenvalue weighted by atomic mass is 9.95. The molecule has 3 heterocycles. The molecule has 5 nitrogen and oxygen atoms in total. The monoisotopic (exact) mass is 407 g/mol. The lowest BCUT2D eigenvalue weighted by Gasteiger charge is -2.28. The minimum atomic E-state index is 0.564. The van der Waals surface area contributed by atoms with Crippen LogP contribution in [-0.2, 0) is 0 Å². The van der Waals surface area contributed by atoms with Crippen LogP contribution in [0.25, 0.3) is 21.4 Å². The molecule has 0 amide bonds. The molecule has 144 valence electrons. The molecule has 2 aromatic carbocycles. The van der Waals surface area contributed by atoms with Crippen LogP contribution in [-0.4, -0.2) is 16.5 Å². The number of nitriles is 1. The standard InChI is InChI=1S/C24H17N5S/c25-13-16-5-1-2-6-20(16)17-11-18(21-7-3-4-10-27-21)15-29(14-17)19-8-9-22-23(12-19)30-24(26)28-22/h1-12,15H,14H2,(H2,26,28). The first-order valence-corrected chi connectivity index (χ1v) is 10.3. The molecule has 0 bridgehead atoms. The van der Waals surface area contributed by atoms with E-state index in [9.17, 15) is 5.26 Å². The van der Waals surface area contributed by atoms with Gasteiger partial charge >= 0.3 is 0 Å². The second-order valence-corrected chi connectivity index (χ2v) is 8.02. The molecule has 1 aliphatic heterocycles. The highest BCUT2D eigenvalue weighted by molar-refractivity contribution is 7.22. The highest BCUT2D eigenvalue weighted by atomic mass is 32.1. The number of rotatable bonds is 3. The lowest BCUT2D eigenvalue weighted by Crippen LogP contribution is -2.22. The van der Waals surface area contributed by atoms with Gasteiger partial charge < -0.3 is 10.6 Å². The zero-order chi connectivity index (χ0) is 20.5. The van der Waals surface area contributed by atoms with Crippen LogP contribution in [0.15, 0.2) is 79.1 Å². The van der Waals surface area contributed by atoms with Gasteiger partial charge in [-0.05, 0) is 53.6 Å². The van der Waals surface area contributed by atoms with E-state index in [1.807, 2.05) is 54.6 Å². The maximum Gasteiger partial charge on any atom is 0.181 e. The number of hydrogen-bond acceptors (Lipinski definition) is 6. The molecule has 5 rings (SSSR count). The third-order valence-corrected chi connectivity index (χ3v) is 5.89. The van der Waals surface area contributed by atoms with Gasteiger partial charge in [-0.2, -0.15) is 5.26 Å². The van der Waals surface area contributed by atoms with Crippen LogP contribution in [0.3, 0.4) is 0 Å². The summed E-state index contributed by atoms with van der Waals surface area (Å²) < 4.78 is 1.05. The number of allylic oxidation sites excluding steroid dienone is 2. The highest BCUT2D eigenvalue weighted by Crippen LogP contribution is 2.34. The molecule has 4 aromatic rings. The van der Waals surface area contributed by atoms with E-state index in [0.29, 0.717) is 17.2 Å². The van der Waals surface area contributed by atoms with E-state index in [0.717, 1.165) is 38.3 Å². The first-order chi connectivity index (χ1) is 14.7. The Bertz CT molecular complexity index is 1350. The van der Waals surface area contributed by atoms with Gasteiger partial charge in [0.25, 0.3) is 0 Å². The van der Waals surface area contributed by atoms with Crippen molar-refractivity contribution in [2.45, 2.75) is 0 Å². The predicted molar refractivity (Wildman–Crippen MR) is 123 cm³/mol. The van der Waals surface area contributed by atoms with E-state index in [-0.39, 0.29) is 0 Å². The van der Waals surface area contributed by atoms with Gasteiger partial charge in [0.1, 0.15) is 0 Å². The average Bonchev–Trinajstić information content (AvgIpc) is 3.18. The number of thiazole rings is 1. The Labute approximate surface area is 178 Å². The van der Waals surface area contributed by atoms with E-state index < -0.39 is 0 Å². The average molecular weight is 408 g/mol. The zero-order valence-electron chi connectivity index (χ0n) is 16.0. The number of benzene rings is 2. The molecule has 6 heteroatoms. The van der Waals surface area contributed by atoms with Gasteiger partial charge in [-0.1, -0.05) is 35.6 Å². The Hall–Kier alpha value is -3.95. The molecule has 0 saturated carbocycles. The van der Waals surface area contributed by atoms with E-state index in [2.05, 4.69) is 39.3 Å². The Balaban J connectivity index is 1.63. The lowest BCUT2D eigenvalue weighted by molar-refractivity contribution is 1.09. The number of anilines is 2. The fraction of sp³-hybridized carbons (Fsp3) is 0.0417. The second-order valence-electron chi connectivity index (χ2n) is 6.96. The van der Waals surface area contributed by atoms with Crippen molar-refractivity contribution in [2.75, 3.05) is 17.2 Å². The van der Waals surface area contributed by atoms with E-state index >= 15 is 0 Å². The number of nitrogens with zero attached hydrogens (tertiary/aromatic N) is 4. The Morgan fingerprint density at radius 1 is 1.07 bits per heavy atom. The van der Waals surface area contributed by atoms with E-state index in [1.165, 1.54) is 11.3 Å². The van der Waals surface area contributed by atoms with E-state index in [4.69, 9.17) is 5.73 Å². The van der Waals surface area contributed by atoms with E-state index in [1.54, 1.807) is 6.20 Å². The molecule has 0 fully saturated rings. The first kappa shape index (κ1) is 18.1. The molecule has 0 unspecified atom stereocenters. The van der Waals surface area contributed by atoms with Crippen molar-refractivity contribution in [3.05, 3.63) is 96.0 Å². The van der Waals surface area contributed by atoms with Gasteiger partial charge in [-0.25, -0.2) is 4.98 Å². The van der Waals surface area contributed by atoms with Gasteiger partial charge in [0.15, 0.2) is 5.13 Å². The summed E-state index contributed by atoms with van der Waals surface area (Å²) >= 11 is 1.48. The smallest absolute Gasteiger partial charge is 0.181 e. The molecule has 2 N–H and O–H groups in total. The molecule has 30 heavy (non-hydrogen) atoms. The summed E-state index contributed by atoms with van der Waals surface area (Å²) in [4.78, 5) is 11.1. The Kier molecular flexibility index (Phi) is 4.51. The van der Waals surface area contributed by atoms with Crippen molar-refractivity contribution >= 4 is 43.5 Å². The quantitative estimate of drug-likeness (QED) is 0.512. The molecular weight excluding hydrogens is 390 g/mol. The highest BCUT2D eigenvalue weighted by Gasteiger charge is 2.19. The minimum absolute atomic E-state index is 0.564. The van der Waals surface area contributed by atoms with Crippen molar-refractivity contribution in [3.8, 4) is 6.07 Å². The summed E-state index contributed by atoms with van der Waals surface area (Å²) in [5, 5.41) is 10.2. The number of hydrogen-bond donors (Lipinski definition) is 1. The van der Waals surface area contributed by atoms with Crippen LogP contribution in [0.1, 0.15) is 16.8 Å². The SMILES string of the molecule is N#Cc1ccccc1C1=CC(c2ccccn2)=CN(c2ccc3nc(N)sc3c2)C1. The predicted octanol–water partition coefficient (Wildman–Crippen LogP) is 5.09. The van der Waals surface area contributed by atoms with Gasteiger partial charge in [0, 0.05) is 30.2 Å². The third kappa shape index (κ3) is 3.32. The van der Waals surface area contributed by atoms with Gasteiger partial charge in [0.2, 0.25) is 0 Å². The van der Waals surface area contributed by atoms with Crippen LogP contribution in [0.5, 0.6) is 0 Å². The Morgan fingerprint density at radius 2 is 1.93 bits per heavy atom. The molecule has 0 saturated heterocycles. The normalized spacial score (nSPS) is 13.6. The van der Waals surface area contributed by atoms with Crippen LogP contribution in [0.4, 0.5) is 10.8 Å². The number of nitrogens with two attached hydrogens (primary N) is 1. The molecule has 0 radical (unpaired) electrons. The van der Waals surface area contributed by atoms with Gasteiger partial charge in [-0.3, -0.25) is 4.98 Å². The molecule has 0 aliphatic carbocycles. The fourth-order valence-electron chi connectivity index (χ4n) is 3.64. The second kappa shape index (κ2) is 7.47. The van der Waals surface area contributed by atoms with Crippen LogP contribution < -0.4 is 10.6 Å². The molecule has 2 aromatic heterocycles. The van der Waals surface area contributed by atoms with Crippen molar-refractivity contribution in [1.82, 2.24) is 9.97 Å². The van der Waals surface area contributed by atoms with Crippen LogP contribution in [0, 0.1) is 11.3 Å².